The molecule has 12 heteroatoms. The predicted molar refractivity (Wildman–Crippen MR) is 113 cm³/mol. The fraction of sp³-hybridized carbons (Fsp3) is 0.409. The number of likely N-dealkylation sites (tertiary alicyclic amines) is 1. The molecule has 1 aromatic carbocycles. The molecule has 0 saturated carbocycles. The van der Waals surface area contributed by atoms with E-state index < -0.39 is 35.7 Å². The number of carboxylic acid groups (broad SMARTS) is 1. The van der Waals surface area contributed by atoms with Gasteiger partial charge in [-0.2, -0.15) is 13.2 Å². The molecule has 0 spiro atoms. The maximum absolute atomic E-state index is 13.7. The maximum Gasteiger partial charge on any atom is 0.490 e. The maximum atomic E-state index is 13.7. The monoisotopic (exact) mass is 489 g/mol. The van der Waals surface area contributed by atoms with Crippen LogP contribution in [0.2, 0.25) is 0 Å². The van der Waals surface area contributed by atoms with E-state index in [0.29, 0.717) is 18.5 Å². The van der Waals surface area contributed by atoms with Gasteiger partial charge in [-0.05, 0) is 23.6 Å². The van der Waals surface area contributed by atoms with Crippen LogP contribution in [0.5, 0.6) is 0 Å². The summed E-state index contributed by atoms with van der Waals surface area (Å²) >= 11 is 0. The number of carboxylic acids is 1. The van der Waals surface area contributed by atoms with E-state index in [1.54, 1.807) is 18.3 Å². The zero-order valence-electron chi connectivity index (χ0n) is 18.4. The Bertz CT molecular complexity index is 1060. The lowest BCUT2D eigenvalue weighted by Gasteiger charge is -2.25. The zero-order chi connectivity index (χ0) is 25.8. The van der Waals surface area contributed by atoms with Crippen LogP contribution in [0.3, 0.4) is 0 Å². The second-order valence-electron chi connectivity index (χ2n) is 7.90. The highest BCUT2D eigenvalue weighted by Crippen LogP contribution is 2.25. The average molecular weight is 489 g/mol. The Kier molecular flexibility index (Phi) is 8.54. The van der Waals surface area contributed by atoms with E-state index in [9.17, 15) is 31.5 Å². The van der Waals surface area contributed by atoms with Gasteiger partial charge in [0, 0.05) is 31.3 Å². The third kappa shape index (κ3) is 6.62. The standard InChI is InChI=1S/C20H23F2N3O2.C2HF3O2/c1-12(18(23)20(27)25-8-7-16(21)11-25)13-3-5-14(6-4-13)15-9-17(22)19(26)24(2)10-15;3-2(4,5)1(6)7/h3-6,9-10,12,16,18H,7-8,11,23H2,1-2H3;(H,6,7)/t12-,16-,18-;/m0./s1. The molecule has 3 rings (SSSR count). The van der Waals surface area contributed by atoms with E-state index in [0.717, 1.165) is 11.1 Å². The molecule has 2 heterocycles. The number of nitrogens with zero attached hydrogens (tertiary/aromatic N) is 2. The number of carbonyl (C=O) groups excluding carboxylic acids is 1. The van der Waals surface area contributed by atoms with Crippen LogP contribution in [0.25, 0.3) is 11.1 Å². The van der Waals surface area contributed by atoms with Gasteiger partial charge in [0.15, 0.2) is 5.82 Å². The minimum atomic E-state index is -5.08. The highest BCUT2D eigenvalue weighted by Gasteiger charge is 2.38. The van der Waals surface area contributed by atoms with Crippen LogP contribution in [0.1, 0.15) is 24.8 Å². The van der Waals surface area contributed by atoms with Crippen molar-refractivity contribution in [3.05, 3.63) is 58.3 Å². The van der Waals surface area contributed by atoms with Gasteiger partial charge in [0.2, 0.25) is 5.91 Å². The van der Waals surface area contributed by atoms with Crippen molar-refractivity contribution in [1.29, 1.82) is 0 Å². The number of aromatic nitrogens is 1. The lowest BCUT2D eigenvalue weighted by molar-refractivity contribution is -0.192. The Morgan fingerprint density at radius 1 is 1.18 bits per heavy atom. The average Bonchev–Trinajstić information content (AvgIpc) is 3.21. The van der Waals surface area contributed by atoms with E-state index in [1.807, 2.05) is 19.1 Å². The molecule has 1 fully saturated rings. The molecule has 3 N–H and O–H groups in total. The molecule has 7 nitrogen and oxygen atoms in total. The Balaban J connectivity index is 0.000000509. The lowest BCUT2D eigenvalue weighted by Crippen LogP contribution is -2.45. The van der Waals surface area contributed by atoms with Crippen LogP contribution in [0, 0.1) is 5.82 Å². The molecule has 0 unspecified atom stereocenters. The molecule has 0 aliphatic carbocycles. The number of amides is 1. The Morgan fingerprint density at radius 2 is 1.74 bits per heavy atom. The van der Waals surface area contributed by atoms with Crippen LogP contribution >= 0.6 is 0 Å². The van der Waals surface area contributed by atoms with Gasteiger partial charge in [0.1, 0.15) is 6.17 Å². The van der Waals surface area contributed by atoms with E-state index in [2.05, 4.69) is 0 Å². The molecular formula is C22H24F5N3O4. The second-order valence-corrected chi connectivity index (χ2v) is 7.90. The Labute approximate surface area is 191 Å². The van der Waals surface area contributed by atoms with Gasteiger partial charge < -0.3 is 20.3 Å². The van der Waals surface area contributed by atoms with E-state index in [4.69, 9.17) is 15.6 Å². The number of benzene rings is 1. The summed E-state index contributed by atoms with van der Waals surface area (Å²) in [5.41, 5.74) is 7.64. The highest BCUT2D eigenvalue weighted by atomic mass is 19.4. The van der Waals surface area contributed by atoms with Crippen molar-refractivity contribution in [1.82, 2.24) is 9.47 Å². The Hall–Kier alpha value is -3.28. The molecule has 0 radical (unpaired) electrons. The molecule has 1 aliphatic heterocycles. The van der Waals surface area contributed by atoms with Gasteiger partial charge in [0.25, 0.3) is 5.56 Å². The molecule has 1 aliphatic rings. The van der Waals surface area contributed by atoms with Crippen LogP contribution in [-0.4, -0.2) is 57.9 Å². The topological polar surface area (TPSA) is 106 Å². The molecule has 1 amide bonds. The lowest BCUT2D eigenvalue weighted by atomic mass is 9.91. The van der Waals surface area contributed by atoms with Gasteiger partial charge in [-0.25, -0.2) is 13.6 Å². The third-order valence-corrected chi connectivity index (χ3v) is 5.42. The summed E-state index contributed by atoms with van der Waals surface area (Å²) in [5.74, 6) is -4.06. The van der Waals surface area contributed by atoms with Crippen LogP contribution in [0.4, 0.5) is 22.0 Å². The van der Waals surface area contributed by atoms with E-state index in [1.165, 1.54) is 22.6 Å². The number of pyridine rings is 1. The third-order valence-electron chi connectivity index (χ3n) is 5.42. The summed E-state index contributed by atoms with van der Waals surface area (Å²) in [6.45, 7) is 2.36. The van der Waals surface area contributed by atoms with Crippen LogP contribution in [-0.2, 0) is 16.6 Å². The predicted octanol–water partition coefficient (Wildman–Crippen LogP) is 2.83. The number of halogens is 5. The first kappa shape index (κ1) is 27.0. The van der Waals surface area contributed by atoms with Crippen molar-refractivity contribution >= 4 is 11.9 Å². The minimum absolute atomic E-state index is 0.108. The first-order chi connectivity index (χ1) is 15.7. The summed E-state index contributed by atoms with van der Waals surface area (Å²) < 4.78 is 59.9. The van der Waals surface area contributed by atoms with Crippen molar-refractivity contribution in [2.24, 2.45) is 12.8 Å². The van der Waals surface area contributed by atoms with Gasteiger partial charge in [-0.15, -0.1) is 0 Å². The molecule has 1 aromatic heterocycles. The largest absolute Gasteiger partial charge is 0.490 e. The van der Waals surface area contributed by atoms with E-state index in [-0.39, 0.29) is 18.4 Å². The summed E-state index contributed by atoms with van der Waals surface area (Å²) in [7, 11) is 1.50. The molecule has 1 saturated heterocycles. The number of hydrogen-bond acceptors (Lipinski definition) is 4. The molecular weight excluding hydrogens is 465 g/mol. The molecule has 186 valence electrons. The van der Waals surface area contributed by atoms with Gasteiger partial charge in [-0.1, -0.05) is 31.2 Å². The molecule has 3 atom stereocenters. The Morgan fingerprint density at radius 3 is 2.18 bits per heavy atom. The number of carbonyl (C=O) groups is 2. The fourth-order valence-corrected chi connectivity index (χ4v) is 3.36. The first-order valence-electron chi connectivity index (χ1n) is 10.2. The summed E-state index contributed by atoms with van der Waals surface area (Å²) in [4.78, 5) is 34.3. The number of alkyl halides is 4. The van der Waals surface area contributed by atoms with Gasteiger partial charge >= 0.3 is 12.1 Å². The zero-order valence-corrected chi connectivity index (χ0v) is 18.4. The fourth-order valence-electron chi connectivity index (χ4n) is 3.36. The molecule has 0 bridgehead atoms. The second kappa shape index (κ2) is 10.8. The van der Waals surface area contributed by atoms with Crippen LogP contribution < -0.4 is 11.3 Å². The highest BCUT2D eigenvalue weighted by molar-refractivity contribution is 5.83. The SMILES string of the molecule is C[C@@H](c1ccc(-c2cc(F)c(=O)n(C)c2)cc1)[C@H](N)C(=O)N1CC[C@H](F)C1.O=C(O)C(F)(F)F. The normalized spacial score (nSPS) is 17.5. The van der Waals surface area contributed by atoms with Crippen molar-refractivity contribution < 1.29 is 36.6 Å². The van der Waals surface area contributed by atoms with Crippen molar-refractivity contribution in [2.75, 3.05) is 13.1 Å². The smallest absolute Gasteiger partial charge is 0.475 e. The molecule has 2 aromatic rings. The number of aliphatic carboxylic acids is 1. The first-order valence-corrected chi connectivity index (χ1v) is 10.2. The summed E-state index contributed by atoms with van der Waals surface area (Å²) in [5, 5.41) is 7.12. The van der Waals surface area contributed by atoms with E-state index >= 15 is 0 Å². The van der Waals surface area contributed by atoms with Crippen molar-refractivity contribution in [3.8, 4) is 11.1 Å². The minimum Gasteiger partial charge on any atom is -0.475 e. The summed E-state index contributed by atoms with van der Waals surface area (Å²) in [6.07, 6.45) is -4.13. The number of rotatable bonds is 4. The number of nitrogens with two attached hydrogens (primary N) is 1. The van der Waals surface area contributed by atoms with Gasteiger partial charge in [0.05, 0.1) is 12.6 Å². The van der Waals surface area contributed by atoms with Crippen LogP contribution in [0.15, 0.2) is 41.3 Å². The van der Waals surface area contributed by atoms with Crippen molar-refractivity contribution in [3.63, 3.8) is 0 Å². The van der Waals surface area contributed by atoms with Gasteiger partial charge in [-0.3, -0.25) is 9.59 Å². The summed E-state index contributed by atoms with van der Waals surface area (Å²) in [6, 6.07) is 7.72. The number of hydrogen-bond donors (Lipinski definition) is 2. The quantitative estimate of drug-likeness (QED) is 0.643. The van der Waals surface area contributed by atoms with Crippen molar-refractivity contribution in [2.45, 2.75) is 37.7 Å². The number of aryl methyl sites for hydroxylation is 1. The molecule has 34 heavy (non-hydrogen) atoms.